The fraction of sp³-hybridized carbons (Fsp3) is 0.364. The molecular formula is C11H14N4. The van der Waals surface area contributed by atoms with Gasteiger partial charge in [0.05, 0.1) is 17.9 Å². The lowest BCUT2D eigenvalue weighted by Crippen LogP contribution is -2.45. The lowest BCUT2D eigenvalue weighted by molar-refractivity contribution is 0.346. The molecule has 0 aliphatic carbocycles. The van der Waals surface area contributed by atoms with Crippen molar-refractivity contribution in [2.45, 2.75) is 6.17 Å². The second-order valence-corrected chi connectivity index (χ2v) is 3.83. The Labute approximate surface area is 88.3 Å². The van der Waals surface area contributed by atoms with Crippen molar-refractivity contribution in [3.63, 3.8) is 0 Å². The van der Waals surface area contributed by atoms with E-state index in [0.717, 1.165) is 19.6 Å². The molecule has 15 heavy (non-hydrogen) atoms. The second kappa shape index (κ2) is 3.64. The zero-order valence-electron chi connectivity index (χ0n) is 8.48. The van der Waals surface area contributed by atoms with Crippen LogP contribution in [0.3, 0.4) is 0 Å². The van der Waals surface area contributed by atoms with Crippen molar-refractivity contribution in [2.75, 3.05) is 19.6 Å². The predicted octanol–water partition coefficient (Wildman–Crippen LogP) is 0.728. The molecule has 1 saturated heterocycles. The van der Waals surface area contributed by atoms with Crippen molar-refractivity contribution in [3.8, 4) is 0 Å². The number of rotatable bonds is 1. The second-order valence-electron chi connectivity index (χ2n) is 3.83. The van der Waals surface area contributed by atoms with E-state index in [2.05, 4.69) is 32.4 Å². The van der Waals surface area contributed by atoms with Crippen LogP contribution in [0.2, 0.25) is 0 Å². The Morgan fingerprint density at radius 1 is 1.33 bits per heavy atom. The monoisotopic (exact) mass is 202 g/mol. The van der Waals surface area contributed by atoms with E-state index in [-0.39, 0.29) is 0 Å². The van der Waals surface area contributed by atoms with Gasteiger partial charge in [0.2, 0.25) is 0 Å². The fourth-order valence-corrected chi connectivity index (χ4v) is 2.10. The van der Waals surface area contributed by atoms with Crippen molar-refractivity contribution in [2.24, 2.45) is 0 Å². The SMILES string of the molecule is c1cc2ccn(C3CNCCN3)c2cn1. The highest BCUT2D eigenvalue weighted by atomic mass is 15.2. The third-order valence-electron chi connectivity index (χ3n) is 2.88. The molecule has 0 bridgehead atoms. The van der Waals surface area contributed by atoms with Crippen LogP contribution in [0, 0.1) is 0 Å². The van der Waals surface area contributed by atoms with E-state index in [0.29, 0.717) is 6.17 Å². The maximum Gasteiger partial charge on any atom is 0.0966 e. The van der Waals surface area contributed by atoms with Gasteiger partial charge in [0.15, 0.2) is 0 Å². The van der Waals surface area contributed by atoms with Crippen LogP contribution < -0.4 is 10.6 Å². The number of aromatic nitrogens is 2. The minimum absolute atomic E-state index is 0.348. The average Bonchev–Trinajstić information content (AvgIpc) is 2.74. The standard InChI is InChI=1S/C11H14N4/c1-3-12-7-10-9(1)2-6-15(10)11-8-13-4-5-14-11/h1-3,6-7,11,13-14H,4-5,8H2. The van der Waals surface area contributed by atoms with Crippen LogP contribution in [0.1, 0.15) is 6.17 Å². The van der Waals surface area contributed by atoms with Crippen LogP contribution in [-0.4, -0.2) is 29.2 Å². The zero-order valence-corrected chi connectivity index (χ0v) is 8.48. The summed E-state index contributed by atoms with van der Waals surface area (Å²) >= 11 is 0. The molecule has 2 N–H and O–H groups in total. The normalized spacial score (nSPS) is 22.0. The number of hydrogen-bond acceptors (Lipinski definition) is 3. The summed E-state index contributed by atoms with van der Waals surface area (Å²) in [6.07, 6.45) is 6.22. The topological polar surface area (TPSA) is 41.9 Å². The van der Waals surface area contributed by atoms with E-state index in [4.69, 9.17) is 0 Å². The molecule has 3 rings (SSSR count). The molecule has 3 heterocycles. The van der Waals surface area contributed by atoms with Crippen molar-refractivity contribution < 1.29 is 0 Å². The number of piperazine rings is 1. The summed E-state index contributed by atoms with van der Waals surface area (Å²) in [6, 6.07) is 4.18. The molecule has 1 unspecified atom stereocenters. The van der Waals surface area contributed by atoms with Gasteiger partial charge >= 0.3 is 0 Å². The number of nitrogens with one attached hydrogen (secondary N) is 2. The highest BCUT2D eigenvalue weighted by Gasteiger charge is 2.14. The van der Waals surface area contributed by atoms with Gasteiger partial charge in [0.1, 0.15) is 0 Å². The summed E-state index contributed by atoms with van der Waals surface area (Å²) in [5.74, 6) is 0. The molecule has 1 atom stereocenters. The minimum Gasteiger partial charge on any atom is -0.329 e. The summed E-state index contributed by atoms with van der Waals surface area (Å²) in [5.41, 5.74) is 1.19. The highest BCUT2D eigenvalue weighted by molar-refractivity contribution is 5.79. The Balaban J connectivity index is 2.02. The van der Waals surface area contributed by atoms with Crippen LogP contribution in [0.4, 0.5) is 0 Å². The van der Waals surface area contributed by atoms with E-state index in [9.17, 15) is 0 Å². The Bertz CT molecular complexity index is 456. The lowest BCUT2D eigenvalue weighted by Gasteiger charge is -2.26. The third kappa shape index (κ3) is 1.52. The first kappa shape index (κ1) is 8.88. The minimum atomic E-state index is 0.348. The molecule has 0 aromatic carbocycles. The molecule has 0 spiro atoms. The number of nitrogens with zero attached hydrogens (tertiary/aromatic N) is 2. The molecule has 1 fully saturated rings. The van der Waals surface area contributed by atoms with Crippen molar-refractivity contribution >= 4 is 10.9 Å². The average molecular weight is 202 g/mol. The Hall–Kier alpha value is -1.39. The maximum atomic E-state index is 4.17. The van der Waals surface area contributed by atoms with Gasteiger partial charge in [-0.1, -0.05) is 0 Å². The molecule has 78 valence electrons. The van der Waals surface area contributed by atoms with Gasteiger partial charge < -0.3 is 9.88 Å². The smallest absolute Gasteiger partial charge is 0.0966 e. The number of pyridine rings is 1. The van der Waals surface area contributed by atoms with Crippen molar-refractivity contribution in [1.29, 1.82) is 0 Å². The Kier molecular flexibility index (Phi) is 2.16. The molecule has 1 aliphatic heterocycles. The fourth-order valence-electron chi connectivity index (χ4n) is 2.10. The van der Waals surface area contributed by atoms with E-state index < -0.39 is 0 Å². The highest BCUT2D eigenvalue weighted by Crippen LogP contribution is 2.17. The Morgan fingerprint density at radius 2 is 2.33 bits per heavy atom. The van der Waals surface area contributed by atoms with Crippen LogP contribution in [0.5, 0.6) is 0 Å². The first-order valence-electron chi connectivity index (χ1n) is 5.30. The lowest BCUT2D eigenvalue weighted by atomic mass is 10.3. The molecule has 0 amide bonds. The van der Waals surface area contributed by atoms with Gasteiger partial charge in [0, 0.05) is 37.4 Å². The van der Waals surface area contributed by atoms with E-state index in [1.165, 1.54) is 10.9 Å². The summed E-state index contributed by atoms with van der Waals surface area (Å²) in [6.45, 7) is 3.04. The van der Waals surface area contributed by atoms with Gasteiger partial charge in [-0.3, -0.25) is 10.3 Å². The molecule has 0 radical (unpaired) electrons. The maximum absolute atomic E-state index is 4.17. The van der Waals surface area contributed by atoms with Crippen LogP contribution in [0.25, 0.3) is 10.9 Å². The summed E-state index contributed by atoms with van der Waals surface area (Å²) in [4.78, 5) is 4.17. The molecular weight excluding hydrogens is 188 g/mol. The first-order chi connectivity index (χ1) is 7.45. The van der Waals surface area contributed by atoms with Crippen LogP contribution in [-0.2, 0) is 0 Å². The molecule has 4 heteroatoms. The van der Waals surface area contributed by atoms with E-state index >= 15 is 0 Å². The number of fused-ring (bicyclic) bond motifs is 1. The molecule has 2 aromatic heterocycles. The van der Waals surface area contributed by atoms with E-state index in [1.54, 1.807) is 0 Å². The zero-order chi connectivity index (χ0) is 10.1. The quantitative estimate of drug-likeness (QED) is 0.716. The third-order valence-corrected chi connectivity index (χ3v) is 2.88. The largest absolute Gasteiger partial charge is 0.329 e. The van der Waals surface area contributed by atoms with E-state index in [1.807, 2.05) is 18.5 Å². The number of hydrogen-bond donors (Lipinski definition) is 2. The van der Waals surface area contributed by atoms with Crippen molar-refractivity contribution in [1.82, 2.24) is 20.2 Å². The molecule has 1 aliphatic rings. The summed E-state index contributed by atoms with van der Waals surface area (Å²) in [7, 11) is 0. The van der Waals surface area contributed by atoms with Crippen LogP contribution in [0.15, 0.2) is 30.7 Å². The van der Waals surface area contributed by atoms with Gasteiger partial charge in [0.25, 0.3) is 0 Å². The van der Waals surface area contributed by atoms with Gasteiger partial charge in [-0.2, -0.15) is 0 Å². The molecule has 4 nitrogen and oxygen atoms in total. The first-order valence-corrected chi connectivity index (χ1v) is 5.30. The molecule has 0 saturated carbocycles. The summed E-state index contributed by atoms with van der Waals surface area (Å²) < 4.78 is 2.24. The molecule has 2 aromatic rings. The van der Waals surface area contributed by atoms with Gasteiger partial charge in [-0.15, -0.1) is 0 Å². The Morgan fingerprint density at radius 3 is 3.20 bits per heavy atom. The summed E-state index contributed by atoms with van der Waals surface area (Å²) in [5, 5.41) is 8.12. The van der Waals surface area contributed by atoms with Gasteiger partial charge in [-0.05, 0) is 12.1 Å². The van der Waals surface area contributed by atoms with Gasteiger partial charge in [-0.25, -0.2) is 0 Å². The predicted molar refractivity (Wildman–Crippen MR) is 59.6 cm³/mol. The van der Waals surface area contributed by atoms with Crippen molar-refractivity contribution in [3.05, 3.63) is 30.7 Å². The van der Waals surface area contributed by atoms with Crippen LogP contribution >= 0.6 is 0 Å².